The highest BCUT2D eigenvalue weighted by Crippen LogP contribution is 2.50. The van der Waals surface area contributed by atoms with E-state index in [0.29, 0.717) is 6.04 Å². The maximum Gasteiger partial charge on any atom is 0.124 e. The number of hydrogen-bond donors (Lipinski definition) is 1. The van der Waals surface area contributed by atoms with E-state index in [1.807, 2.05) is 12.3 Å². The summed E-state index contributed by atoms with van der Waals surface area (Å²) in [5.41, 5.74) is 2.83. The average molecular weight is 407 g/mol. The molecule has 3 heterocycles. The SMILES string of the molecule is c1ccc([C@]2(CCCN[C@H]3CCOc4ccccc43)CCOC3(CCCC3)C2)nc1. The molecule has 2 atom stereocenters. The van der Waals surface area contributed by atoms with E-state index in [1.165, 1.54) is 43.4 Å². The van der Waals surface area contributed by atoms with Crippen LogP contribution in [0, 0.1) is 0 Å². The van der Waals surface area contributed by atoms with Crippen LogP contribution in [0.25, 0.3) is 0 Å². The third kappa shape index (κ3) is 4.00. The van der Waals surface area contributed by atoms with Gasteiger partial charge in [0.05, 0.1) is 12.2 Å². The molecule has 30 heavy (non-hydrogen) atoms. The van der Waals surface area contributed by atoms with E-state index in [9.17, 15) is 0 Å². The molecule has 3 aliphatic rings. The number of nitrogens with one attached hydrogen (secondary N) is 1. The quantitative estimate of drug-likeness (QED) is 0.658. The topological polar surface area (TPSA) is 43.4 Å². The third-order valence-electron chi connectivity index (χ3n) is 7.55. The molecule has 1 saturated heterocycles. The first-order chi connectivity index (χ1) is 14.8. The molecule has 0 radical (unpaired) electrons. The Hall–Kier alpha value is -1.91. The zero-order chi connectivity index (χ0) is 20.3. The first-order valence-corrected chi connectivity index (χ1v) is 11.8. The molecule has 160 valence electrons. The summed E-state index contributed by atoms with van der Waals surface area (Å²) in [6, 6.07) is 15.3. The minimum absolute atomic E-state index is 0.100. The summed E-state index contributed by atoms with van der Waals surface area (Å²) in [5, 5.41) is 3.82. The van der Waals surface area contributed by atoms with Gasteiger partial charge in [0.1, 0.15) is 5.75 Å². The van der Waals surface area contributed by atoms with Crippen LogP contribution in [0.2, 0.25) is 0 Å². The van der Waals surface area contributed by atoms with Crippen molar-refractivity contribution in [2.45, 2.75) is 74.8 Å². The monoisotopic (exact) mass is 406 g/mol. The zero-order valence-electron chi connectivity index (χ0n) is 17.9. The van der Waals surface area contributed by atoms with E-state index in [0.717, 1.165) is 51.2 Å². The van der Waals surface area contributed by atoms with Crippen molar-refractivity contribution in [2.24, 2.45) is 0 Å². The molecule has 1 aromatic heterocycles. The van der Waals surface area contributed by atoms with Crippen molar-refractivity contribution >= 4 is 0 Å². The van der Waals surface area contributed by atoms with Gasteiger partial charge in [0.25, 0.3) is 0 Å². The molecule has 0 amide bonds. The molecule has 0 unspecified atom stereocenters. The zero-order valence-corrected chi connectivity index (χ0v) is 17.9. The van der Waals surface area contributed by atoms with Crippen molar-refractivity contribution in [2.75, 3.05) is 19.8 Å². The third-order valence-corrected chi connectivity index (χ3v) is 7.55. The maximum atomic E-state index is 6.39. The number of rotatable bonds is 6. The molecule has 2 fully saturated rings. The lowest BCUT2D eigenvalue weighted by atomic mass is 9.67. The Kier molecular flexibility index (Phi) is 5.79. The predicted molar refractivity (Wildman–Crippen MR) is 119 cm³/mol. The summed E-state index contributed by atoms with van der Waals surface area (Å²) in [5.74, 6) is 1.04. The van der Waals surface area contributed by atoms with Gasteiger partial charge in [-0.25, -0.2) is 0 Å². The normalized spacial score (nSPS) is 27.5. The van der Waals surface area contributed by atoms with E-state index in [2.05, 4.69) is 41.7 Å². The fourth-order valence-corrected chi connectivity index (χ4v) is 6.05. The second kappa shape index (κ2) is 8.68. The molecular weight excluding hydrogens is 372 g/mol. The second-order valence-electron chi connectivity index (χ2n) is 9.45. The smallest absolute Gasteiger partial charge is 0.124 e. The van der Waals surface area contributed by atoms with Gasteiger partial charge in [-0.3, -0.25) is 4.98 Å². The number of pyridine rings is 1. The van der Waals surface area contributed by atoms with Crippen LogP contribution >= 0.6 is 0 Å². The Morgan fingerprint density at radius 2 is 1.87 bits per heavy atom. The molecule has 0 bridgehead atoms. The number of fused-ring (bicyclic) bond motifs is 1. The van der Waals surface area contributed by atoms with Gasteiger partial charge in [0.2, 0.25) is 0 Å². The summed E-state index contributed by atoms with van der Waals surface area (Å²) in [6.07, 6.45) is 12.6. The summed E-state index contributed by atoms with van der Waals surface area (Å²) in [6.45, 7) is 2.70. The summed E-state index contributed by atoms with van der Waals surface area (Å²) >= 11 is 0. The molecule has 1 saturated carbocycles. The number of ether oxygens (including phenoxy) is 2. The van der Waals surface area contributed by atoms with Crippen LogP contribution in [-0.2, 0) is 10.2 Å². The molecular formula is C26H34N2O2. The van der Waals surface area contributed by atoms with Gasteiger partial charge in [-0.15, -0.1) is 0 Å². The molecule has 2 aromatic rings. The second-order valence-corrected chi connectivity index (χ2v) is 9.45. The van der Waals surface area contributed by atoms with Crippen LogP contribution < -0.4 is 10.1 Å². The number of para-hydroxylation sites is 1. The Morgan fingerprint density at radius 1 is 1.00 bits per heavy atom. The molecule has 1 aromatic carbocycles. The first kappa shape index (κ1) is 20.0. The van der Waals surface area contributed by atoms with E-state index >= 15 is 0 Å². The van der Waals surface area contributed by atoms with E-state index in [1.54, 1.807) is 0 Å². The minimum atomic E-state index is 0.100. The Labute approximate surface area is 180 Å². The lowest BCUT2D eigenvalue weighted by molar-refractivity contribution is -0.104. The fraction of sp³-hybridized carbons (Fsp3) is 0.577. The van der Waals surface area contributed by atoms with Crippen molar-refractivity contribution in [1.82, 2.24) is 10.3 Å². The Balaban J connectivity index is 1.26. The molecule has 5 rings (SSSR count). The van der Waals surface area contributed by atoms with Crippen LogP contribution in [0.4, 0.5) is 0 Å². The van der Waals surface area contributed by atoms with Gasteiger partial charge >= 0.3 is 0 Å². The van der Waals surface area contributed by atoms with Gasteiger partial charge in [-0.2, -0.15) is 0 Å². The highest BCUT2D eigenvalue weighted by Gasteiger charge is 2.48. The standard InChI is InChI=1S/C26H34N2O2/c1-2-9-23-21(8-1)22(11-18-29-23)27-17-7-12-25(24-10-3-6-16-28-24)15-19-30-26(20-25)13-4-5-14-26/h1-3,6,8-10,16,22,27H,4-5,7,11-15,17-20H2/t22-,25+/m0/s1. The van der Waals surface area contributed by atoms with Crippen LogP contribution in [0.1, 0.15) is 75.1 Å². The molecule has 2 aliphatic heterocycles. The van der Waals surface area contributed by atoms with Crippen LogP contribution in [-0.4, -0.2) is 30.3 Å². The Morgan fingerprint density at radius 3 is 2.73 bits per heavy atom. The largest absolute Gasteiger partial charge is 0.493 e. The van der Waals surface area contributed by atoms with E-state index in [-0.39, 0.29) is 11.0 Å². The van der Waals surface area contributed by atoms with Crippen LogP contribution in [0.3, 0.4) is 0 Å². The summed E-state index contributed by atoms with van der Waals surface area (Å²) in [4.78, 5) is 4.83. The first-order valence-electron chi connectivity index (χ1n) is 11.8. The number of aromatic nitrogens is 1. The lowest BCUT2D eigenvalue weighted by Gasteiger charge is -2.46. The fourth-order valence-electron chi connectivity index (χ4n) is 6.05. The number of benzene rings is 1. The molecule has 1 spiro atoms. The molecule has 4 nitrogen and oxygen atoms in total. The number of hydrogen-bond acceptors (Lipinski definition) is 4. The van der Waals surface area contributed by atoms with Crippen molar-refractivity contribution < 1.29 is 9.47 Å². The Bertz CT molecular complexity index is 834. The lowest BCUT2D eigenvalue weighted by Crippen LogP contribution is -2.46. The van der Waals surface area contributed by atoms with Crippen molar-refractivity contribution in [3.63, 3.8) is 0 Å². The molecule has 4 heteroatoms. The van der Waals surface area contributed by atoms with E-state index in [4.69, 9.17) is 14.5 Å². The minimum Gasteiger partial charge on any atom is -0.493 e. The van der Waals surface area contributed by atoms with Crippen molar-refractivity contribution in [3.8, 4) is 5.75 Å². The van der Waals surface area contributed by atoms with Crippen molar-refractivity contribution in [1.29, 1.82) is 0 Å². The summed E-state index contributed by atoms with van der Waals surface area (Å²) < 4.78 is 12.2. The molecule has 1 aliphatic carbocycles. The van der Waals surface area contributed by atoms with E-state index < -0.39 is 0 Å². The highest BCUT2D eigenvalue weighted by atomic mass is 16.5. The predicted octanol–water partition coefficient (Wildman–Crippen LogP) is 5.34. The maximum absolute atomic E-state index is 6.39. The van der Waals surface area contributed by atoms with Gasteiger partial charge < -0.3 is 14.8 Å². The number of nitrogens with zero attached hydrogens (tertiary/aromatic N) is 1. The van der Waals surface area contributed by atoms with Crippen molar-refractivity contribution in [3.05, 3.63) is 59.9 Å². The van der Waals surface area contributed by atoms with Gasteiger partial charge in [0.15, 0.2) is 0 Å². The van der Waals surface area contributed by atoms with Gasteiger partial charge in [-0.1, -0.05) is 37.1 Å². The highest BCUT2D eigenvalue weighted by molar-refractivity contribution is 5.37. The van der Waals surface area contributed by atoms with Gasteiger partial charge in [-0.05, 0) is 63.3 Å². The van der Waals surface area contributed by atoms with Crippen LogP contribution in [0.5, 0.6) is 5.75 Å². The molecule has 1 N–H and O–H groups in total. The van der Waals surface area contributed by atoms with Gasteiger partial charge in [0, 0.05) is 41.9 Å². The summed E-state index contributed by atoms with van der Waals surface area (Å²) in [7, 11) is 0. The average Bonchev–Trinajstić information content (AvgIpc) is 3.24. The van der Waals surface area contributed by atoms with Crippen LogP contribution in [0.15, 0.2) is 48.7 Å².